The molecule has 0 aliphatic heterocycles. The zero-order valence-corrected chi connectivity index (χ0v) is 10.7. The van der Waals surface area contributed by atoms with Crippen LogP contribution in [0.4, 0.5) is 4.79 Å². The Kier molecular flexibility index (Phi) is 4.96. The second-order valence-corrected chi connectivity index (χ2v) is 4.39. The molecule has 1 heterocycles. The van der Waals surface area contributed by atoms with Gasteiger partial charge >= 0.3 is 12.0 Å². The van der Waals surface area contributed by atoms with Gasteiger partial charge in [0.1, 0.15) is 6.54 Å². The fourth-order valence-corrected chi connectivity index (χ4v) is 2.20. The highest BCUT2D eigenvalue weighted by Gasteiger charge is 2.14. The van der Waals surface area contributed by atoms with Crippen LogP contribution in [0.3, 0.4) is 0 Å². The van der Waals surface area contributed by atoms with Crippen molar-refractivity contribution in [2.24, 2.45) is 0 Å². The third-order valence-electron chi connectivity index (χ3n) is 2.39. The molecule has 0 fully saturated rings. The van der Waals surface area contributed by atoms with E-state index in [0.717, 1.165) is 11.1 Å². The number of hydrogen-bond donors (Lipinski definition) is 2. The molecule has 2 N–H and O–H groups in total. The summed E-state index contributed by atoms with van der Waals surface area (Å²) in [6, 6.07) is -0.347. The summed E-state index contributed by atoms with van der Waals surface area (Å²) in [4.78, 5) is 23.5. The lowest BCUT2D eigenvalue weighted by molar-refractivity contribution is -0.137. The molecule has 0 bridgehead atoms. The number of carboxylic acid groups (broad SMARTS) is 1. The molecule has 0 aromatic carbocycles. The van der Waals surface area contributed by atoms with Crippen LogP contribution in [0.25, 0.3) is 0 Å². The van der Waals surface area contributed by atoms with E-state index in [1.165, 1.54) is 4.90 Å². The van der Waals surface area contributed by atoms with E-state index in [1.807, 2.05) is 17.7 Å². The highest BCUT2D eigenvalue weighted by Crippen LogP contribution is 2.13. The number of urea groups is 1. The number of rotatable bonds is 5. The lowest BCUT2D eigenvalue weighted by Gasteiger charge is -2.19. The van der Waals surface area contributed by atoms with Gasteiger partial charge in [-0.15, -0.1) is 0 Å². The van der Waals surface area contributed by atoms with Gasteiger partial charge in [0.2, 0.25) is 0 Å². The Balaban J connectivity index is 2.48. The number of aliphatic carboxylic acids is 1. The lowest BCUT2D eigenvalue weighted by Crippen LogP contribution is -2.42. The van der Waals surface area contributed by atoms with E-state index in [9.17, 15) is 9.59 Å². The first-order valence-electron chi connectivity index (χ1n) is 5.30. The normalized spacial score (nSPS) is 10.0. The van der Waals surface area contributed by atoms with Crippen LogP contribution in [0.1, 0.15) is 18.1 Å². The van der Waals surface area contributed by atoms with Crippen LogP contribution in [-0.4, -0.2) is 35.1 Å². The maximum atomic E-state index is 11.7. The van der Waals surface area contributed by atoms with Crippen LogP contribution < -0.4 is 5.32 Å². The Bertz CT molecular complexity index is 403. The second-order valence-electron chi connectivity index (χ2n) is 3.65. The van der Waals surface area contributed by atoms with Gasteiger partial charge in [-0.2, -0.15) is 11.3 Å². The molecular formula is C11H16N2O3S. The fourth-order valence-electron chi connectivity index (χ4n) is 1.34. The van der Waals surface area contributed by atoms with E-state index in [1.54, 1.807) is 18.3 Å². The molecular weight excluding hydrogens is 240 g/mol. The molecule has 0 spiro atoms. The largest absolute Gasteiger partial charge is 0.480 e. The first-order valence-corrected chi connectivity index (χ1v) is 6.25. The number of nitrogens with one attached hydrogen (secondary N) is 1. The third kappa shape index (κ3) is 4.07. The average molecular weight is 256 g/mol. The van der Waals surface area contributed by atoms with Crippen LogP contribution in [-0.2, 0) is 11.3 Å². The minimum absolute atomic E-state index is 0.273. The van der Waals surface area contributed by atoms with Crippen molar-refractivity contribution < 1.29 is 14.7 Å². The van der Waals surface area contributed by atoms with Gasteiger partial charge in [0.25, 0.3) is 0 Å². The molecule has 17 heavy (non-hydrogen) atoms. The molecule has 0 aliphatic carbocycles. The molecule has 6 heteroatoms. The SMILES string of the molecule is CCN(CC(=O)O)C(=O)NCc1cscc1C. The first-order chi connectivity index (χ1) is 8.04. The summed E-state index contributed by atoms with van der Waals surface area (Å²) in [7, 11) is 0. The molecule has 0 aliphatic rings. The maximum Gasteiger partial charge on any atom is 0.323 e. The van der Waals surface area contributed by atoms with Crippen molar-refractivity contribution >= 4 is 23.3 Å². The van der Waals surface area contributed by atoms with Gasteiger partial charge in [-0.3, -0.25) is 4.79 Å². The van der Waals surface area contributed by atoms with Crippen molar-refractivity contribution in [2.75, 3.05) is 13.1 Å². The van der Waals surface area contributed by atoms with Crippen LogP contribution in [0, 0.1) is 6.92 Å². The summed E-state index contributed by atoms with van der Waals surface area (Å²) in [5.74, 6) is -1.01. The van der Waals surface area contributed by atoms with Gasteiger partial charge in [-0.1, -0.05) is 0 Å². The molecule has 1 aromatic rings. The molecule has 0 atom stereocenters. The number of likely N-dealkylation sites (N-methyl/N-ethyl adjacent to an activating group) is 1. The monoisotopic (exact) mass is 256 g/mol. The molecule has 0 saturated carbocycles. The smallest absolute Gasteiger partial charge is 0.323 e. The van der Waals surface area contributed by atoms with E-state index < -0.39 is 5.97 Å². The molecule has 0 saturated heterocycles. The maximum absolute atomic E-state index is 11.7. The highest BCUT2D eigenvalue weighted by atomic mass is 32.1. The van der Waals surface area contributed by atoms with Gasteiger partial charge in [0.15, 0.2) is 0 Å². The zero-order valence-electron chi connectivity index (χ0n) is 9.90. The number of carbonyl (C=O) groups excluding carboxylic acids is 1. The number of hydrogen-bond acceptors (Lipinski definition) is 3. The van der Waals surface area contributed by atoms with Crippen molar-refractivity contribution in [1.82, 2.24) is 10.2 Å². The molecule has 94 valence electrons. The molecule has 2 amide bonds. The first kappa shape index (κ1) is 13.5. The summed E-state index contributed by atoms with van der Waals surface area (Å²) in [6.45, 7) is 4.27. The quantitative estimate of drug-likeness (QED) is 0.842. The van der Waals surface area contributed by atoms with E-state index in [-0.39, 0.29) is 12.6 Å². The molecule has 1 rings (SSSR count). The summed E-state index contributed by atoms with van der Waals surface area (Å²) in [5.41, 5.74) is 2.20. The van der Waals surface area contributed by atoms with Crippen molar-refractivity contribution in [3.8, 4) is 0 Å². The Hall–Kier alpha value is -1.56. The van der Waals surface area contributed by atoms with Crippen molar-refractivity contribution in [3.63, 3.8) is 0 Å². The van der Waals surface area contributed by atoms with E-state index in [4.69, 9.17) is 5.11 Å². The molecule has 5 nitrogen and oxygen atoms in total. The fraction of sp³-hybridized carbons (Fsp3) is 0.455. The standard InChI is InChI=1S/C11H16N2O3S/c1-3-13(5-10(14)15)11(16)12-4-9-7-17-6-8(9)2/h6-7H,3-5H2,1-2H3,(H,12,16)(H,14,15). The minimum Gasteiger partial charge on any atom is -0.480 e. The second kappa shape index (κ2) is 6.24. The van der Waals surface area contributed by atoms with E-state index >= 15 is 0 Å². The average Bonchev–Trinajstić information content (AvgIpc) is 2.68. The summed E-state index contributed by atoms with van der Waals surface area (Å²) >= 11 is 1.58. The van der Waals surface area contributed by atoms with Crippen molar-refractivity contribution in [3.05, 3.63) is 21.9 Å². The van der Waals surface area contributed by atoms with E-state index in [0.29, 0.717) is 13.1 Å². The molecule has 1 aromatic heterocycles. The Morgan fingerprint density at radius 1 is 1.47 bits per heavy atom. The number of aryl methyl sites for hydroxylation is 1. The number of carbonyl (C=O) groups is 2. The topological polar surface area (TPSA) is 69.6 Å². The van der Waals surface area contributed by atoms with Gasteiger partial charge in [0, 0.05) is 13.1 Å². The lowest BCUT2D eigenvalue weighted by atomic mass is 10.2. The number of nitrogens with zero attached hydrogens (tertiary/aromatic N) is 1. The van der Waals surface area contributed by atoms with Crippen LogP contribution >= 0.6 is 11.3 Å². The highest BCUT2D eigenvalue weighted by molar-refractivity contribution is 7.08. The van der Waals surface area contributed by atoms with Crippen LogP contribution in [0.5, 0.6) is 0 Å². The van der Waals surface area contributed by atoms with Gasteiger partial charge in [-0.05, 0) is 35.7 Å². The summed E-state index contributed by atoms with van der Waals surface area (Å²) < 4.78 is 0. The van der Waals surface area contributed by atoms with Gasteiger partial charge < -0.3 is 15.3 Å². The Morgan fingerprint density at radius 2 is 2.18 bits per heavy atom. The van der Waals surface area contributed by atoms with Gasteiger partial charge in [0.05, 0.1) is 0 Å². The Morgan fingerprint density at radius 3 is 2.65 bits per heavy atom. The number of carboxylic acids is 1. The predicted molar refractivity (Wildman–Crippen MR) is 66.2 cm³/mol. The van der Waals surface area contributed by atoms with Crippen molar-refractivity contribution in [2.45, 2.75) is 20.4 Å². The number of thiophene rings is 1. The van der Waals surface area contributed by atoms with Crippen molar-refractivity contribution in [1.29, 1.82) is 0 Å². The Labute approximate surface area is 104 Å². The predicted octanol–water partition coefficient (Wildman–Crippen LogP) is 1.67. The molecule has 0 unspecified atom stereocenters. The van der Waals surface area contributed by atoms with Crippen LogP contribution in [0.2, 0.25) is 0 Å². The van der Waals surface area contributed by atoms with Crippen LogP contribution in [0.15, 0.2) is 10.8 Å². The minimum atomic E-state index is -1.01. The molecule has 0 radical (unpaired) electrons. The summed E-state index contributed by atoms with van der Waals surface area (Å²) in [6.07, 6.45) is 0. The number of amides is 2. The van der Waals surface area contributed by atoms with E-state index in [2.05, 4.69) is 5.32 Å². The van der Waals surface area contributed by atoms with Gasteiger partial charge in [-0.25, -0.2) is 4.79 Å². The zero-order chi connectivity index (χ0) is 12.8. The summed E-state index contributed by atoms with van der Waals surface area (Å²) in [5, 5.41) is 15.3. The third-order valence-corrected chi connectivity index (χ3v) is 3.30.